The summed E-state index contributed by atoms with van der Waals surface area (Å²) < 4.78 is 8.94. The Morgan fingerprint density at radius 3 is 1.91 bits per heavy atom. The fourth-order valence-corrected chi connectivity index (χ4v) is 7.85. The van der Waals surface area contributed by atoms with Crippen LogP contribution in [-0.4, -0.2) is 0 Å². The molecule has 0 atom stereocenters. The second kappa shape index (κ2) is 10.5. The molecule has 0 bridgehead atoms. The fourth-order valence-electron chi connectivity index (χ4n) is 6.62. The molecule has 2 heterocycles. The molecule has 0 N–H and O–H groups in total. The number of nitrogens with zero attached hydrogens (tertiary/aromatic N) is 1. The van der Waals surface area contributed by atoms with Crippen molar-refractivity contribution in [3.05, 3.63) is 164 Å². The van der Waals surface area contributed by atoms with Gasteiger partial charge in [-0.3, -0.25) is 0 Å². The molecule has 0 fully saturated rings. The summed E-state index contributed by atoms with van der Waals surface area (Å²) in [6.07, 6.45) is 0. The molecule has 2 aromatic heterocycles. The molecule has 45 heavy (non-hydrogen) atoms. The first kappa shape index (κ1) is 25.8. The SMILES string of the molecule is c1ccc(-c2ccc(N(c3ccccc3)c3ccc(-c4cccc5c4oc4ccccc45)cc3)c3sc4ccccc4c23)cc1. The molecule has 3 heteroatoms. The molecule has 0 aliphatic rings. The number of rotatable bonds is 5. The van der Waals surface area contributed by atoms with E-state index in [0.29, 0.717) is 0 Å². The van der Waals surface area contributed by atoms with Crippen molar-refractivity contribution in [1.29, 1.82) is 0 Å². The van der Waals surface area contributed by atoms with Crippen LogP contribution in [0.2, 0.25) is 0 Å². The molecule has 0 aliphatic heterocycles. The van der Waals surface area contributed by atoms with Gasteiger partial charge in [-0.2, -0.15) is 0 Å². The summed E-state index contributed by atoms with van der Waals surface area (Å²) in [5, 5.41) is 4.88. The van der Waals surface area contributed by atoms with Gasteiger partial charge >= 0.3 is 0 Å². The third-order valence-electron chi connectivity index (χ3n) is 8.69. The van der Waals surface area contributed by atoms with Crippen molar-refractivity contribution < 1.29 is 4.42 Å². The fraction of sp³-hybridized carbons (Fsp3) is 0. The van der Waals surface area contributed by atoms with Gasteiger partial charge < -0.3 is 9.32 Å². The molecule has 2 nitrogen and oxygen atoms in total. The van der Waals surface area contributed by atoms with Crippen LogP contribution in [0.15, 0.2) is 168 Å². The van der Waals surface area contributed by atoms with Crippen molar-refractivity contribution in [2.45, 2.75) is 0 Å². The highest BCUT2D eigenvalue weighted by Crippen LogP contribution is 2.48. The Hall–Kier alpha value is -5.64. The van der Waals surface area contributed by atoms with Crippen molar-refractivity contribution in [3.63, 3.8) is 0 Å². The van der Waals surface area contributed by atoms with Crippen LogP contribution in [0.1, 0.15) is 0 Å². The van der Waals surface area contributed by atoms with Gasteiger partial charge in [-0.15, -0.1) is 11.3 Å². The van der Waals surface area contributed by atoms with Gasteiger partial charge in [-0.25, -0.2) is 0 Å². The summed E-state index contributed by atoms with van der Waals surface area (Å²) >= 11 is 1.86. The molecular weight excluding hydrogens is 567 g/mol. The standard InChI is InChI=1S/C42H27NOS/c1-3-12-28(13-4-1)32-26-27-37(42-40(32)36-17-8-10-21-39(36)45-42)43(30-14-5-2-6-15-30)31-24-22-29(23-25-31)33-18-11-19-35-34-16-7-9-20-38(34)44-41(33)35/h1-27H. The molecule has 7 aromatic carbocycles. The van der Waals surface area contributed by atoms with Crippen molar-refractivity contribution in [2.75, 3.05) is 4.90 Å². The second-order valence-corrected chi connectivity index (χ2v) is 12.4. The maximum atomic E-state index is 6.37. The normalized spacial score (nSPS) is 11.6. The Bertz CT molecular complexity index is 2470. The summed E-state index contributed by atoms with van der Waals surface area (Å²) in [5.41, 5.74) is 9.95. The lowest BCUT2D eigenvalue weighted by molar-refractivity contribution is 0.670. The van der Waals surface area contributed by atoms with Gasteiger partial charge in [-0.05, 0) is 59.2 Å². The summed E-state index contributed by atoms with van der Waals surface area (Å²) in [5.74, 6) is 0. The van der Waals surface area contributed by atoms with E-state index in [0.717, 1.165) is 44.4 Å². The summed E-state index contributed by atoms with van der Waals surface area (Å²) in [6, 6.07) is 58.3. The molecule has 0 aliphatic carbocycles. The lowest BCUT2D eigenvalue weighted by Gasteiger charge is -2.26. The summed E-state index contributed by atoms with van der Waals surface area (Å²) in [6.45, 7) is 0. The average Bonchev–Trinajstić information content (AvgIpc) is 3.69. The van der Waals surface area contributed by atoms with E-state index in [1.165, 1.54) is 37.0 Å². The van der Waals surface area contributed by atoms with Crippen LogP contribution in [0.3, 0.4) is 0 Å². The summed E-state index contributed by atoms with van der Waals surface area (Å²) in [7, 11) is 0. The highest BCUT2D eigenvalue weighted by atomic mass is 32.1. The molecule has 212 valence electrons. The molecule has 0 spiro atoms. The molecule has 0 amide bonds. The number of hydrogen-bond acceptors (Lipinski definition) is 3. The monoisotopic (exact) mass is 593 g/mol. The minimum Gasteiger partial charge on any atom is -0.455 e. The maximum Gasteiger partial charge on any atom is 0.143 e. The number of benzene rings is 7. The zero-order valence-corrected chi connectivity index (χ0v) is 25.2. The number of furan rings is 1. The van der Waals surface area contributed by atoms with Gasteiger partial charge in [0, 0.05) is 43.2 Å². The van der Waals surface area contributed by atoms with Crippen LogP contribution < -0.4 is 4.90 Å². The minimum absolute atomic E-state index is 0.915. The molecular formula is C42H27NOS. The van der Waals surface area contributed by atoms with Crippen LogP contribution >= 0.6 is 11.3 Å². The third-order valence-corrected chi connectivity index (χ3v) is 9.88. The first-order valence-electron chi connectivity index (χ1n) is 15.2. The summed E-state index contributed by atoms with van der Waals surface area (Å²) in [4.78, 5) is 2.39. The zero-order valence-electron chi connectivity index (χ0n) is 24.4. The second-order valence-electron chi connectivity index (χ2n) is 11.3. The Morgan fingerprint density at radius 2 is 1.09 bits per heavy atom. The van der Waals surface area contributed by atoms with Gasteiger partial charge in [-0.1, -0.05) is 121 Å². The molecule has 0 saturated carbocycles. The van der Waals surface area contributed by atoms with Crippen LogP contribution in [-0.2, 0) is 0 Å². The number of thiophene rings is 1. The van der Waals surface area contributed by atoms with Gasteiger partial charge in [0.1, 0.15) is 11.2 Å². The number of anilines is 3. The molecule has 0 unspecified atom stereocenters. The number of para-hydroxylation sites is 3. The Morgan fingerprint density at radius 1 is 0.444 bits per heavy atom. The van der Waals surface area contributed by atoms with Gasteiger partial charge in [0.15, 0.2) is 0 Å². The Balaban J connectivity index is 1.23. The predicted octanol–water partition coefficient (Wildman–Crippen LogP) is 12.8. The molecule has 0 saturated heterocycles. The predicted molar refractivity (Wildman–Crippen MR) is 192 cm³/mol. The highest BCUT2D eigenvalue weighted by molar-refractivity contribution is 7.26. The third kappa shape index (κ3) is 4.24. The first-order chi connectivity index (χ1) is 22.3. The quantitative estimate of drug-likeness (QED) is 0.197. The Kier molecular flexibility index (Phi) is 6.03. The smallest absolute Gasteiger partial charge is 0.143 e. The van der Waals surface area contributed by atoms with E-state index in [9.17, 15) is 0 Å². The molecule has 9 aromatic rings. The van der Waals surface area contributed by atoms with E-state index < -0.39 is 0 Å². The van der Waals surface area contributed by atoms with Gasteiger partial charge in [0.05, 0.1) is 10.4 Å². The van der Waals surface area contributed by atoms with Crippen molar-refractivity contribution in [1.82, 2.24) is 0 Å². The molecule has 0 radical (unpaired) electrons. The largest absolute Gasteiger partial charge is 0.455 e. The lowest BCUT2D eigenvalue weighted by Crippen LogP contribution is -2.10. The number of fused-ring (bicyclic) bond motifs is 6. The van der Waals surface area contributed by atoms with Crippen LogP contribution in [0.4, 0.5) is 17.1 Å². The van der Waals surface area contributed by atoms with Crippen molar-refractivity contribution in [2.24, 2.45) is 0 Å². The van der Waals surface area contributed by atoms with E-state index in [1.54, 1.807) is 0 Å². The Labute approximate surface area is 265 Å². The first-order valence-corrected chi connectivity index (χ1v) is 16.0. The number of hydrogen-bond donors (Lipinski definition) is 0. The van der Waals surface area contributed by atoms with E-state index in [2.05, 4.69) is 157 Å². The van der Waals surface area contributed by atoms with E-state index >= 15 is 0 Å². The van der Waals surface area contributed by atoms with Crippen LogP contribution in [0, 0.1) is 0 Å². The van der Waals surface area contributed by atoms with E-state index in [-0.39, 0.29) is 0 Å². The topological polar surface area (TPSA) is 16.4 Å². The van der Waals surface area contributed by atoms with Crippen LogP contribution in [0.25, 0.3) is 64.4 Å². The van der Waals surface area contributed by atoms with E-state index in [4.69, 9.17) is 4.42 Å². The zero-order chi connectivity index (χ0) is 29.7. The minimum atomic E-state index is 0.915. The van der Waals surface area contributed by atoms with Gasteiger partial charge in [0.2, 0.25) is 0 Å². The molecule has 9 rings (SSSR count). The van der Waals surface area contributed by atoms with E-state index in [1.807, 2.05) is 23.5 Å². The lowest BCUT2D eigenvalue weighted by atomic mass is 9.98. The van der Waals surface area contributed by atoms with Crippen molar-refractivity contribution >= 4 is 70.5 Å². The van der Waals surface area contributed by atoms with Crippen LogP contribution in [0.5, 0.6) is 0 Å². The average molecular weight is 594 g/mol. The van der Waals surface area contributed by atoms with Crippen molar-refractivity contribution in [3.8, 4) is 22.3 Å². The maximum absolute atomic E-state index is 6.37. The van der Waals surface area contributed by atoms with Gasteiger partial charge in [0.25, 0.3) is 0 Å². The highest BCUT2D eigenvalue weighted by Gasteiger charge is 2.21.